The van der Waals surface area contributed by atoms with Crippen LogP contribution in [0.5, 0.6) is 0 Å². The first-order chi connectivity index (χ1) is 8.77. The number of rotatable bonds is 5. The Morgan fingerprint density at radius 2 is 1.94 bits per heavy atom. The lowest BCUT2D eigenvalue weighted by molar-refractivity contribution is -0.157. The van der Waals surface area contributed by atoms with Crippen LogP contribution in [-0.4, -0.2) is 5.97 Å². The van der Waals surface area contributed by atoms with Crippen LogP contribution in [0.1, 0.15) is 45.1 Å². The normalized spacial score (nSPS) is 21.2. The van der Waals surface area contributed by atoms with E-state index in [2.05, 4.69) is 26.0 Å². The average Bonchev–Trinajstić information content (AvgIpc) is 2.40. The summed E-state index contributed by atoms with van der Waals surface area (Å²) in [5.41, 5.74) is 2.35. The minimum absolute atomic E-state index is 0.0000983. The Bertz CT molecular complexity index is 445. The summed E-state index contributed by atoms with van der Waals surface area (Å²) >= 11 is 0. The van der Waals surface area contributed by atoms with Gasteiger partial charge in [-0.15, -0.1) is 0 Å². The van der Waals surface area contributed by atoms with Gasteiger partial charge in [0.1, 0.15) is 11.7 Å². The fourth-order valence-corrected chi connectivity index (χ4v) is 2.39. The van der Waals surface area contributed by atoms with Crippen LogP contribution in [0.2, 0.25) is 0 Å². The molecule has 2 rings (SSSR count). The maximum Gasteiger partial charge on any atom is 0.321 e. The summed E-state index contributed by atoms with van der Waals surface area (Å²) in [6, 6.07) is 10.2. The Hall–Kier alpha value is -1.57. The third-order valence-electron chi connectivity index (χ3n) is 3.43. The third-order valence-corrected chi connectivity index (χ3v) is 3.43. The largest absolute Gasteiger partial charge is 0.429 e. The Kier molecular flexibility index (Phi) is 4.19. The number of benzene rings is 1. The van der Waals surface area contributed by atoms with E-state index in [1.807, 2.05) is 18.2 Å². The van der Waals surface area contributed by atoms with Gasteiger partial charge in [0.25, 0.3) is 0 Å². The Morgan fingerprint density at radius 1 is 1.22 bits per heavy atom. The molecule has 1 aliphatic heterocycles. The number of esters is 1. The van der Waals surface area contributed by atoms with E-state index in [1.165, 1.54) is 11.1 Å². The summed E-state index contributed by atoms with van der Waals surface area (Å²) in [6.45, 7) is 4.25. The molecule has 96 valence electrons. The van der Waals surface area contributed by atoms with Crippen LogP contribution in [0, 0.1) is 5.92 Å². The number of hydrogen-bond donors (Lipinski definition) is 0. The van der Waals surface area contributed by atoms with Crippen LogP contribution in [0.4, 0.5) is 0 Å². The van der Waals surface area contributed by atoms with Crippen molar-refractivity contribution in [1.82, 2.24) is 0 Å². The first-order valence-electron chi connectivity index (χ1n) is 6.78. The number of ether oxygens (including phenoxy) is 1. The van der Waals surface area contributed by atoms with Crippen LogP contribution in [0.25, 0.3) is 5.57 Å². The zero-order valence-electron chi connectivity index (χ0n) is 11.1. The fourth-order valence-electron chi connectivity index (χ4n) is 2.39. The van der Waals surface area contributed by atoms with Crippen LogP contribution in [0.15, 0.2) is 36.1 Å². The molecule has 1 saturated heterocycles. The first-order valence-corrected chi connectivity index (χ1v) is 6.78. The van der Waals surface area contributed by atoms with Gasteiger partial charge in [-0.2, -0.15) is 0 Å². The van der Waals surface area contributed by atoms with Gasteiger partial charge in [-0.3, -0.25) is 4.79 Å². The van der Waals surface area contributed by atoms with E-state index in [4.69, 9.17) is 4.74 Å². The lowest BCUT2D eigenvalue weighted by Crippen LogP contribution is -2.33. The molecule has 1 atom stereocenters. The molecule has 1 aromatic carbocycles. The molecule has 1 aliphatic rings. The van der Waals surface area contributed by atoms with Gasteiger partial charge in [-0.1, -0.05) is 57.0 Å². The molecule has 0 aromatic heterocycles. The van der Waals surface area contributed by atoms with Crippen molar-refractivity contribution in [2.24, 2.45) is 5.92 Å². The molecule has 2 nitrogen and oxygen atoms in total. The zero-order chi connectivity index (χ0) is 13.0. The molecule has 0 radical (unpaired) electrons. The second-order valence-electron chi connectivity index (χ2n) is 4.68. The molecule has 1 unspecified atom stereocenters. The Morgan fingerprint density at radius 3 is 2.50 bits per heavy atom. The highest BCUT2D eigenvalue weighted by molar-refractivity contribution is 5.88. The molecule has 0 aliphatic carbocycles. The third kappa shape index (κ3) is 2.47. The summed E-state index contributed by atoms with van der Waals surface area (Å²) in [6.07, 6.45) is 4.01. The Labute approximate surface area is 109 Å². The van der Waals surface area contributed by atoms with Crippen molar-refractivity contribution in [3.05, 3.63) is 41.7 Å². The monoisotopic (exact) mass is 244 g/mol. The molecule has 2 heteroatoms. The predicted octanol–water partition coefficient (Wildman–Crippen LogP) is 4.17. The van der Waals surface area contributed by atoms with Gasteiger partial charge in [-0.25, -0.2) is 0 Å². The molecular weight excluding hydrogens is 224 g/mol. The van der Waals surface area contributed by atoms with Crippen molar-refractivity contribution < 1.29 is 9.53 Å². The first kappa shape index (κ1) is 12.9. The van der Waals surface area contributed by atoms with E-state index in [-0.39, 0.29) is 11.9 Å². The summed E-state index contributed by atoms with van der Waals surface area (Å²) < 4.78 is 5.30. The van der Waals surface area contributed by atoms with Crippen molar-refractivity contribution >= 4 is 11.5 Å². The number of carbonyl (C=O) groups excluding carboxylic acids is 1. The van der Waals surface area contributed by atoms with Crippen LogP contribution < -0.4 is 0 Å². The van der Waals surface area contributed by atoms with E-state index in [1.54, 1.807) is 0 Å². The van der Waals surface area contributed by atoms with Crippen molar-refractivity contribution in [3.8, 4) is 0 Å². The average molecular weight is 244 g/mol. The molecule has 1 heterocycles. The standard InChI is InChI=1S/C16H20O2/c1-3-5-11-14-15(18-16(14)17)13(4-2)12-9-7-6-8-10-12/h6-10,14H,3-5,11H2,1-2H3/b15-13-. The van der Waals surface area contributed by atoms with Gasteiger partial charge in [0, 0.05) is 0 Å². The topological polar surface area (TPSA) is 26.3 Å². The van der Waals surface area contributed by atoms with Gasteiger partial charge < -0.3 is 4.74 Å². The quantitative estimate of drug-likeness (QED) is 0.727. The fraction of sp³-hybridized carbons (Fsp3) is 0.438. The lowest BCUT2D eigenvalue weighted by Gasteiger charge is -2.30. The van der Waals surface area contributed by atoms with E-state index >= 15 is 0 Å². The SMILES string of the molecule is CCCCC1C(=O)O/C1=C(/CC)c1ccccc1. The molecular formula is C16H20O2. The number of unbranched alkanes of at least 4 members (excludes halogenated alkanes) is 1. The lowest BCUT2D eigenvalue weighted by atomic mass is 9.89. The van der Waals surface area contributed by atoms with E-state index in [0.29, 0.717) is 0 Å². The summed E-state index contributed by atoms with van der Waals surface area (Å²) in [5, 5.41) is 0. The Balaban J connectivity index is 2.25. The van der Waals surface area contributed by atoms with Crippen LogP contribution in [0.3, 0.4) is 0 Å². The van der Waals surface area contributed by atoms with Gasteiger partial charge >= 0.3 is 5.97 Å². The highest BCUT2D eigenvalue weighted by Gasteiger charge is 2.38. The van der Waals surface area contributed by atoms with Crippen molar-refractivity contribution in [3.63, 3.8) is 0 Å². The predicted molar refractivity (Wildman–Crippen MR) is 72.8 cm³/mol. The molecule has 0 amide bonds. The molecule has 0 saturated carbocycles. The van der Waals surface area contributed by atoms with Gasteiger partial charge in [0.2, 0.25) is 0 Å². The van der Waals surface area contributed by atoms with Crippen LogP contribution in [-0.2, 0) is 9.53 Å². The van der Waals surface area contributed by atoms with E-state index < -0.39 is 0 Å². The van der Waals surface area contributed by atoms with Crippen molar-refractivity contribution in [2.45, 2.75) is 39.5 Å². The minimum Gasteiger partial charge on any atom is -0.429 e. The van der Waals surface area contributed by atoms with Crippen molar-refractivity contribution in [2.75, 3.05) is 0 Å². The summed E-state index contributed by atoms with van der Waals surface area (Å²) in [7, 11) is 0. The minimum atomic E-state index is -0.0552. The number of carbonyl (C=O) groups is 1. The highest BCUT2D eigenvalue weighted by atomic mass is 16.6. The summed E-state index contributed by atoms with van der Waals surface area (Å²) in [4.78, 5) is 11.5. The van der Waals surface area contributed by atoms with E-state index in [9.17, 15) is 4.79 Å². The zero-order valence-corrected chi connectivity index (χ0v) is 11.1. The van der Waals surface area contributed by atoms with Gasteiger partial charge in [0.05, 0.1) is 0 Å². The molecule has 0 bridgehead atoms. The second-order valence-corrected chi connectivity index (χ2v) is 4.68. The molecule has 1 aromatic rings. The summed E-state index contributed by atoms with van der Waals surface area (Å²) in [5.74, 6) is 0.850. The second kappa shape index (κ2) is 5.85. The molecule has 1 fully saturated rings. The number of cyclic esters (lactones) is 1. The van der Waals surface area contributed by atoms with E-state index in [0.717, 1.165) is 31.4 Å². The smallest absolute Gasteiger partial charge is 0.321 e. The molecule has 0 N–H and O–H groups in total. The molecule has 0 spiro atoms. The van der Waals surface area contributed by atoms with Crippen molar-refractivity contribution in [1.29, 1.82) is 0 Å². The van der Waals surface area contributed by atoms with Crippen LogP contribution >= 0.6 is 0 Å². The number of hydrogen-bond acceptors (Lipinski definition) is 2. The molecule has 18 heavy (non-hydrogen) atoms. The van der Waals surface area contributed by atoms with Gasteiger partial charge in [-0.05, 0) is 24.0 Å². The number of allylic oxidation sites excluding steroid dienone is 1. The van der Waals surface area contributed by atoms with Gasteiger partial charge in [0.15, 0.2) is 0 Å². The maximum atomic E-state index is 11.5. The highest BCUT2D eigenvalue weighted by Crippen LogP contribution is 2.38. The maximum absolute atomic E-state index is 11.5.